The first-order chi connectivity index (χ1) is 16.6. The molecule has 206 valence electrons. The third kappa shape index (κ3) is 10.4. The number of Topliss-reactive ketones (excluding diaryl/α,β-unsaturated/α-hetero) is 1. The Morgan fingerprint density at radius 3 is 2.19 bits per heavy atom. The van der Waals surface area contributed by atoms with Crippen LogP contribution in [0.4, 0.5) is 18.0 Å². The number of rotatable bonds is 9. The number of sulfone groups is 1. The standard InChI is InChI=1S/C14H21F3N4O5S.C5H9NO3/c1-4-9(10(22)11-20-13(26-21-11)14(15,16)17)19-12(23)8(18)6-27(24,25)5-7(2)3;7-5(8)6-1-3-9-4-2-6/h7-9H,4-6,18H2,1-3H3,(H,19,23);1-4H2,(H,7,8)/t8-,9-;/m0./s1. The van der Waals surface area contributed by atoms with Crippen LogP contribution in [0.2, 0.25) is 0 Å². The van der Waals surface area contributed by atoms with Crippen molar-refractivity contribution in [2.24, 2.45) is 11.7 Å². The number of carbonyl (C=O) groups is 3. The van der Waals surface area contributed by atoms with E-state index in [1.54, 1.807) is 13.8 Å². The molecule has 2 heterocycles. The lowest BCUT2D eigenvalue weighted by atomic mass is 10.1. The smallest absolute Gasteiger partial charge is 0.465 e. The monoisotopic (exact) mass is 545 g/mol. The SMILES string of the molecule is CC[C@H](NC(=O)[C@@H](N)CS(=O)(=O)CC(C)C)C(=O)c1noc(C(F)(F)F)n1.O=C(O)N1CCOCC1. The molecule has 0 radical (unpaired) electrons. The van der Waals surface area contributed by atoms with E-state index in [4.69, 9.17) is 15.6 Å². The highest BCUT2D eigenvalue weighted by Gasteiger charge is 2.40. The van der Waals surface area contributed by atoms with Gasteiger partial charge in [0.2, 0.25) is 17.5 Å². The van der Waals surface area contributed by atoms with Crippen LogP contribution in [0.25, 0.3) is 0 Å². The number of carbonyl (C=O) groups excluding carboxylic acids is 2. The number of nitrogens with two attached hydrogens (primary N) is 1. The van der Waals surface area contributed by atoms with E-state index in [-0.39, 0.29) is 18.1 Å². The summed E-state index contributed by atoms with van der Waals surface area (Å²) >= 11 is 0. The molecule has 1 aromatic rings. The minimum Gasteiger partial charge on any atom is -0.465 e. The average molecular weight is 546 g/mol. The van der Waals surface area contributed by atoms with Crippen molar-refractivity contribution < 1.29 is 50.3 Å². The van der Waals surface area contributed by atoms with Gasteiger partial charge in [0, 0.05) is 13.1 Å². The van der Waals surface area contributed by atoms with E-state index in [1.807, 2.05) is 0 Å². The summed E-state index contributed by atoms with van der Waals surface area (Å²) in [7, 11) is -3.59. The number of nitrogens with zero attached hydrogens (tertiary/aromatic N) is 3. The molecule has 4 N–H and O–H groups in total. The molecular weight excluding hydrogens is 515 g/mol. The molecule has 36 heavy (non-hydrogen) atoms. The number of aromatic nitrogens is 2. The first-order valence-corrected chi connectivity index (χ1v) is 12.7. The van der Waals surface area contributed by atoms with Gasteiger partial charge in [0.1, 0.15) is 0 Å². The van der Waals surface area contributed by atoms with Gasteiger partial charge in [0.25, 0.3) is 0 Å². The van der Waals surface area contributed by atoms with Crippen molar-refractivity contribution in [2.45, 2.75) is 45.5 Å². The summed E-state index contributed by atoms with van der Waals surface area (Å²) < 4.78 is 70.1. The highest BCUT2D eigenvalue weighted by molar-refractivity contribution is 7.91. The largest absolute Gasteiger partial charge is 0.471 e. The van der Waals surface area contributed by atoms with Crippen LogP contribution < -0.4 is 11.1 Å². The van der Waals surface area contributed by atoms with Gasteiger partial charge in [0.05, 0.1) is 36.8 Å². The van der Waals surface area contributed by atoms with Crippen LogP contribution in [0.5, 0.6) is 0 Å². The number of halogens is 3. The van der Waals surface area contributed by atoms with E-state index in [0.717, 1.165) is 0 Å². The number of carboxylic acid groups (broad SMARTS) is 1. The maximum Gasteiger partial charge on any atom is 0.471 e. The summed E-state index contributed by atoms with van der Waals surface area (Å²) in [5.74, 6) is -5.42. The van der Waals surface area contributed by atoms with Gasteiger partial charge in [-0.05, 0) is 12.3 Å². The summed E-state index contributed by atoms with van der Waals surface area (Å²) in [6, 6.07) is -2.72. The van der Waals surface area contributed by atoms with E-state index in [0.29, 0.717) is 26.3 Å². The van der Waals surface area contributed by atoms with E-state index in [2.05, 4.69) is 20.0 Å². The Hall–Kier alpha value is -2.79. The average Bonchev–Trinajstić information content (AvgIpc) is 3.27. The predicted octanol–water partition coefficient (Wildman–Crippen LogP) is 0.561. The second-order valence-electron chi connectivity index (χ2n) is 8.21. The van der Waals surface area contributed by atoms with Gasteiger partial charge in [-0.25, -0.2) is 13.2 Å². The van der Waals surface area contributed by atoms with E-state index in [1.165, 1.54) is 11.8 Å². The second kappa shape index (κ2) is 13.5. The number of ether oxygens (including phenoxy) is 1. The highest BCUT2D eigenvalue weighted by atomic mass is 32.2. The van der Waals surface area contributed by atoms with Gasteiger partial charge >= 0.3 is 18.2 Å². The van der Waals surface area contributed by atoms with Crippen LogP contribution in [0, 0.1) is 5.92 Å². The lowest BCUT2D eigenvalue weighted by molar-refractivity contribution is -0.159. The van der Waals surface area contributed by atoms with Crippen LogP contribution in [-0.4, -0.2) is 96.2 Å². The van der Waals surface area contributed by atoms with Crippen molar-refractivity contribution in [2.75, 3.05) is 37.8 Å². The lowest BCUT2D eigenvalue weighted by Crippen LogP contribution is -2.51. The fourth-order valence-electron chi connectivity index (χ4n) is 2.91. The minimum absolute atomic E-state index is 0.00801. The summed E-state index contributed by atoms with van der Waals surface area (Å²) in [6.07, 6.45) is -5.77. The molecule has 17 heteroatoms. The van der Waals surface area contributed by atoms with Gasteiger partial charge in [-0.15, -0.1) is 0 Å². The molecule has 1 aliphatic rings. The number of nitrogens with one attached hydrogen (secondary N) is 1. The Labute approximate surface area is 205 Å². The molecule has 0 bridgehead atoms. The predicted molar refractivity (Wildman–Crippen MR) is 118 cm³/mol. The van der Waals surface area contributed by atoms with Crippen LogP contribution in [0.1, 0.15) is 43.7 Å². The third-order valence-corrected chi connectivity index (χ3v) is 6.61. The molecule has 2 amide bonds. The zero-order valence-corrected chi connectivity index (χ0v) is 20.8. The van der Waals surface area contributed by atoms with E-state index in [9.17, 15) is 36.0 Å². The summed E-state index contributed by atoms with van der Waals surface area (Å²) in [5, 5.41) is 13.6. The molecule has 0 saturated carbocycles. The minimum atomic E-state index is -4.91. The Morgan fingerprint density at radius 1 is 1.19 bits per heavy atom. The van der Waals surface area contributed by atoms with E-state index >= 15 is 0 Å². The number of hydrogen-bond acceptors (Lipinski definition) is 10. The molecule has 2 atom stereocenters. The van der Waals surface area contributed by atoms with Crippen molar-refractivity contribution >= 4 is 27.6 Å². The second-order valence-corrected chi connectivity index (χ2v) is 10.4. The molecular formula is C19H30F3N5O8S. The van der Waals surface area contributed by atoms with Gasteiger partial charge in [-0.1, -0.05) is 25.9 Å². The van der Waals surface area contributed by atoms with Crippen molar-refractivity contribution in [3.05, 3.63) is 11.7 Å². The first-order valence-electron chi connectivity index (χ1n) is 10.8. The van der Waals surface area contributed by atoms with Crippen molar-refractivity contribution in [1.29, 1.82) is 0 Å². The van der Waals surface area contributed by atoms with Gasteiger partial charge in [-0.2, -0.15) is 18.2 Å². The topological polar surface area (TPSA) is 195 Å². The number of morpholine rings is 1. The third-order valence-electron chi connectivity index (χ3n) is 4.57. The Morgan fingerprint density at radius 2 is 1.78 bits per heavy atom. The molecule has 1 fully saturated rings. The zero-order valence-electron chi connectivity index (χ0n) is 19.9. The van der Waals surface area contributed by atoms with Crippen molar-refractivity contribution in [1.82, 2.24) is 20.4 Å². The number of ketones is 1. The molecule has 1 aromatic heterocycles. The van der Waals surface area contributed by atoms with Gasteiger partial charge in [-0.3, -0.25) is 9.59 Å². The lowest BCUT2D eigenvalue weighted by Gasteiger charge is -2.23. The Bertz CT molecular complexity index is 993. The quantitative estimate of drug-likeness (QED) is 0.367. The fraction of sp³-hybridized carbons (Fsp3) is 0.737. The molecule has 0 aliphatic carbocycles. The Balaban J connectivity index is 0.000000600. The van der Waals surface area contributed by atoms with E-state index < -0.39 is 63.3 Å². The van der Waals surface area contributed by atoms with Crippen LogP contribution >= 0.6 is 0 Å². The molecule has 0 aromatic carbocycles. The van der Waals surface area contributed by atoms with Gasteiger partial charge < -0.3 is 30.3 Å². The summed E-state index contributed by atoms with van der Waals surface area (Å²) in [6.45, 7) is 6.95. The normalized spacial score (nSPS) is 16.1. The number of amides is 2. The van der Waals surface area contributed by atoms with Crippen LogP contribution in [0.3, 0.4) is 0 Å². The molecule has 0 unspecified atom stereocenters. The number of hydrogen-bond donors (Lipinski definition) is 3. The first kappa shape index (κ1) is 31.2. The molecule has 1 aliphatic heterocycles. The molecule has 1 saturated heterocycles. The Kier molecular flexibility index (Phi) is 11.7. The highest BCUT2D eigenvalue weighted by Crippen LogP contribution is 2.27. The van der Waals surface area contributed by atoms with Crippen LogP contribution in [-0.2, 0) is 25.5 Å². The summed E-state index contributed by atoms with van der Waals surface area (Å²) in [4.78, 5) is 38.8. The summed E-state index contributed by atoms with van der Waals surface area (Å²) in [5.41, 5.74) is 5.58. The maximum absolute atomic E-state index is 12.5. The van der Waals surface area contributed by atoms with Gasteiger partial charge in [0.15, 0.2) is 9.84 Å². The molecule has 0 spiro atoms. The van der Waals surface area contributed by atoms with Crippen molar-refractivity contribution in [3.63, 3.8) is 0 Å². The zero-order chi connectivity index (χ0) is 27.7. The maximum atomic E-state index is 12.5. The fourth-order valence-corrected chi connectivity index (χ4v) is 4.76. The number of alkyl halides is 3. The van der Waals surface area contributed by atoms with Crippen LogP contribution in [0.15, 0.2) is 4.52 Å². The van der Waals surface area contributed by atoms with Crippen molar-refractivity contribution in [3.8, 4) is 0 Å². The molecule has 13 nitrogen and oxygen atoms in total. The molecule has 2 rings (SSSR count).